The number of hydrogen-bond acceptors (Lipinski definition) is 4. The first kappa shape index (κ1) is 17.1. The van der Waals surface area contributed by atoms with Crippen molar-refractivity contribution in [1.82, 2.24) is 29.7 Å². The van der Waals surface area contributed by atoms with Crippen molar-refractivity contribution in [3.63, 3.8) is 0 Å². The number of carbonyl (C=O) groups excluding carboxylic acids is 1. The molecule has 4 aromatic rings. The summed E-state index contributed by atoms with van der Waals surface area (Å²) in [6.07, 6.45) is 8.02. The SMILES string of the molecule is CC1c2ccc(-c3cn[nH]c3)cc2CCN1C(=O)c1cc2ncc(Br)cn2n1. The first-order valence-electron chi connectivity index (χ1n) is 9.04. The number of aromatic nitrogens is 5. The van der Waals surface area contributed by atoms with Gasteiger partial charge in [-0.3, -0.25) is 9.89 Å². The lowest BCUT2D eigenvalue weighted by Crippen LogP contribution is -2.39. The van der Waals surface area contributed by atoms with Gasteiger partial charge >= 0.3 is 0 Å². The molecule has 0 aliphatic carbocycles. The zero-order valence-electron chi connectivity index (χ0n) is 15.1. The average molecular weight is 437 g/mol. The van der Waals surface area contributed by atoms with Gasteiger partial charge in [0.05, 0.1) is 16.7 Å². The summed E-state index contributed by atoms with van der Waals surface area (Å²) in [6, 6.07) is 8.12. The smallest absolute Gasteiger partial charge is 0.274 e. The highest BCUT2D eigenvalue weighted by Crippen LogP contribution is 2.33. The Hall–Kier alpha value is -3.00. The van der Waals surface area contributed by atoms with Gasteiger partial charge in [-0.2, -0.15) is 10.2 Å². The van der Waals surface area contributed by atoms with Crippen LogP contribution in [0.15, 0.2) is 53.5 Å². The lowest BCUT2D eigenvalue weighted by atomic mass is 9.90. The van der Waals surface area contributed by atoms with Crippen LogP contribution in [0.25, 0.3) is 16.8 Å². The third-order valence-corrected chi connectivity index (χ3v) is 5.69. The van der Waals surface area contributed by atoms with Crippen molar-refractivity contribution >= 4 is 27.5 Å². The van der Waals surface area contributed by atoms with Gasteiger partial charge in [0.25, 0.3) is 5.91 Å². The van der Waals surface area contributed by atoms with Crippen LogP contribution in [0, 0.1) is 0 Å². The molecule has 1 amide bonds. The molecule has 0 radical (unpaired) electrons. The molecule has 7 nitrogen and oxygen atoms in total. The summed E-state index contributed by atoms with van der Waals surface area (Å²) < 4.78 is 2.44. The molecule has 1 atom stereocenters. The minimum atomic E-state index is -0.0707. The van der Waals surface area contributed by atoms with E-state index in [2.05, 4.69) is 61.3 Å². The minimum Gasteiger partial charge on any atom is -0.330 e. The molecule has 140 valence electrons. The summed E-state index contributed by atoms with van der Waals surface area (Å²) in [7, 11) is 0. The third-order valence-electron chi connectivity index (χ3n) is 5.28. The Kier molecular flexibility index (Phi) is 4.01. The van der Waals surface area contributed by atoms with Crippen LogP contribution < -0.4 is 0 Å². The Bertz CT molecular complexity index is 1180. The number of nitrogens with one attached hydrogen (secondary N) is 1. The Labute approximate surface area is 169 Å². The van der Waals surface area contributed by atoms with E-state index in [0.29, 0.717) is 17.9 Å². The molecule has 0 fully saturated rings. The van der Waals surface area contributed by atoms with Crippen LogP contribution in [0.3, 0.4) is 0 Å². The molecular formula is C20H17BrN6O. The average Bonchev–Trinajstić information content (AvgIpc) is 3.37. The zero-order valence-corrected chi connectivity index (χ0v) is 16.7. The van der Waals surface area contributed by atoms with Gasteiger partial charge in [0.1, 0.15) is 0 Å². The monoisotopic (exact) mass is 436 g/mol. The number of H-pyrrole nitrogens is 1. The first-order chi connectivity index (χ1) is 13.6. The number of fused-ring (bicyclic) bond motifs is 2. The molecule has 1 aliphatic heterocycles. The number of carbonyl (C=O) groups is 1. The number of nitrogens with zero attached hydrogens (tertiary/aromatic N) is 5. The summed E-state index contributed by atoms with van der Waals surface area (Å²) in [6.45, 7) is 2.73. The second-order valence-electron chi connectivity index (χ2n) is 6.93. The normalized spacial score (nSPS) is 16.4. The van der Waals surface area contributed by atoms with Crippen LogP contribution in [0.1, 0.15) is 34.6 Å². The molecule has 0 saturated carbocycles. The molecule has 1 aromatic carbocycles. The summed E-state index contributed by atoms with van der Waals surface area (Å²) in [5.41, 5.74) is 5.72. The van der Waals surface area contributed by atoms with Crippen molar-refractivity contribution in [3.8, 4) is 11.1 Å². The van der Waals surface area contributed by atoms with Crippen LogP contribution in [-0.2, 0) is 6.42 Å². The van der Waals surface area contributed by atoms with Gasteiger partial charge in [-0.25, -0.2) is 9.50 Å². The third kappa shape index (κ3) is 2.80. The zero-order chi connectivity index (χ0) is 19.3. The maximum absolute atomic E-state index is 13.1. The van der Waals surface area contributed by atoms with Crippen LogP contribution in [0.2, 0.25) is 0 Å². The number of halogens is 1. The standard InChI is InChI=1S/C20H17BrN6O/c1-12-17-3-2-13(15-8-23-24-9-15)6-14(17)4-5-26(12)20(28)18-7-19-22-10-16(21)11-27(19)25-18/h2-3,6-12H,4-5H2,1H3,(H,23,24). The van der Waals surface area contributed by atoms with Gasteiger partial charge < -0.3 is 4.90 Å². The highest BCUT2D eigenvalue weighted by atomic mass is 79.9. The van der Waals surface area contributed by atoms with Crippen LogP contribution >= 0.6 is 15.9 Å². The van der Waals surface area contributed by atoms with Crippen molar-refractivity contribution in [2.24, 2.45) is 0 Å². The number of benzene rings is 1. The maximum Gasteiger partial charge on any atom is 0.274 e. The van der Waals surface area contributed by atoms with Crippen LogP contribution in [-0.4, -0.2) is 42.1 Å². The van der Waals surface area contributed by atoms with Crippen molar-refractivity contribution < 1.29 is 4.79 Å². The maximum atomic E-state index is 13.1. The fourth-order valence-corrected chi connectivity index (χ4v) is 4.10. The number of hydrogen-bond donors (Lipinski definition) is 1. The molecule has 1 aliphatic rings. The lowest BCUT2D eigenvalue weighted by Gasteiger charge is -2.35. The van der Waals surface area contributed by atoms with Crippen molar-refractivity contribution in [3.05, 3.63) is 70.3 Å². The predicted octanol–water partition coefficient (Wildman–Crippen LogP) is 3.64. The Balaban J connectivity index is 1.45. The van der Waals surface area contributed by atoms with Crippen molar-refractivity contribution in [1.29, 1.82) is 0 Å². The molecule has 4 heterocycles. The summed E-state index contributed by atoms with van der Waals surface area (Å²) >= 11 is 3.38. The molecule has 1 N–H and O–H groups in total. The van der Waals surface area contributed by atoms with Gasteiger partial charge in [-0.1, -0.05) is 18.2 Å². The van der Waals surface area contributed by atoms with Crippen LogP contribution in [0.4, 0.5) is 0 Å². The first-order valence-corrected chi connectivity index (χ1v) is 9.83. The molecule has 0 bridgehead atoms. The molecule has 1 unspecified atom stereocenters. The molecular weight excluding hydrogens is 420 g/mol. The second-order valence-corrected chi connectivity index (χ2v) is 7.85. The number of rotatable bonds is 2. The van der Waals surface area contributed by atoms with E-state index in [1.165, 1.54) is 11.1 Å². The summed E-state index contributed by atoms with van der Waals surface area (Å²) in [5, 5.41) is 11.3. The van der Waals surface area contributed by atoms with Gasteiger partial charge in [-0.05, 0) is 46.0 Å². The van der Waals surface area contributed by atoms with Gasteiger partial charge in [0, 0.05) is 36.8 Å². The van der Waals surface area contributed by atoms with Gasteiger partial charge in [0.15, 0.2) is 11.3 Å². The quantitative estimate of drug-likeness (QED) is 0.520. The fraction of sp³-hybridized carbons (Fsp3) is 0.200. The molecule has 5 rings (SSSR count). The molecule has 3 aromatic heterocycles. The Morgan fingerprint density at radius 2 is 2.14 bits per heavy atom. The van der Waals surface area contributed by atoms with Crippen molar-refractivity contribution in [2.75, 3.05) is 6.54 Å². The molecule has 0 saturated heterocycles. The largest absolute Gasteiger partial charge is 0.330 e. The minimum absolute atomic E-state index is 0.0147. The Morgan fingerprint density at radius 1 is 1.25 bits per heavy atom. The molecule has 28 heavy (non-hydrogen) atoms. The highest BCUT2D eigenvalue weighted by molar-refractivity contribution is 9.10. The van der Waals surface area contributed by atoms with Crippen LogP contribution in [0.5, 0.6) is 0 Å². The van der Waals surface area contributed by atoms with E-state index in [0.717, 1.165) is 22.0 Å². The van der Waals surface area contributed by atoms with E-state index in [-0.39, 0.29) is 11.9 Å². The number of aromatic amines is 1. The van der Waals surface area contributed by atoms with Crippen molar-refractivity contribution in [2.45, 2.75) is 19.4 Å². The van der Waals surface area contributed by atoms with Gasteiger partial charge in [0.2, 0.25) is 0 Å². The van der Waals surface area contributed by atoms with Gasteiger partial charge in [-0.15, -0.1) is 0 Å². The summed E-state index contributed by atoms with van der Waals surface area (Å²) in [5.74, 6) is -0.0707. The van der Waals surface area contributed by atoms with E-state index < -0.39 is 0 Å². The molecule has 8 heteroatoms. The highest BCUT2D eigenvalue weighted by Gasteiger charge is 2.30. The fourth-order valence-electron chi connectivity index (χ4n) is 3.80. The second kappa shape index (κ2) is 6.56. The number of amides is 1. The van der Waals surface area contributed by atoms with E-state index in [9.17, 15) is 4.79 Å². The summed E-state index contributed by atoms with van der Waals surface area (Å²) in [4.78, 5) is 19.3. The lowest BCUT2D eigenvalue weighted by molar-refractivity contribution is 0.0671. The van der Waals surface area contributed by atoms with E-state index in [4.69, 9.17) is 0 Å². The van der Waals surface area contributed by atoms with E-state index in [1.807, 2.05) is 17.3 Å². The Morgan fingerprint density at radius 3 is 2.96 bits per heavy atom. The predicted molar refractivity (Wildman–Crippen MR) is 108 cm³/mol. The van der Waals surface area contributed by atoms with E-state index in [1.54, 1.807) is 23.0 Å². The van der Waals surface area contributed by atoms with E-state index >= 15 is 0 Å². The topological polar surface area (TPSA) is 79.2 Å². The molecule has 0 spiro atoms.